The lowest BCUT2D eigenvalue weighted by atomic mass is 10.2. The molecule has 0 spiro atoms. The number of ketones is 1. The smallest absolute Gasteiger partial charge is 0.328 e. The van der Waals surface area contributed by atoms with Gasteiger partial charge in [0.15, 0.2) is 5.78 Å². The Kier molecular flexibility index (Phi) is 2.99. The van der Waals surface area contributed by atoms with Gasteiger partial charge in [0.05, 0.1) is 6.54 Å². The molecule has 2 heterocycles. The van der Waals surface area contributed by atoms with Crippen molar-refractivity contribution in [3.8, 4) is 0 Å². The molecule has 0 atom stereocenters. The number of carbonyl (C=O) groups is 1. The minimum Gasteiger partial charge on any atom is -0.357 e. The van der Waals surface area contributed by atoms with E-state index in [1.54, 1.807) is 29.2 Å². The highest BCUT2D eigenvalue weighted by Crippen LogP contribution is 2.02. The molecular formula is C12H15N3O2. The van der Waals surface area contributed by atoms with Gasteiger partial charge in [-0.2, -0.15) is 0 Å². The van der Waals surface area contributed by atoms with Gasteiger partial charge in [0.25, 0.3) is 0 Å². The van der Waals surface area contributed by atoms with E-state index in [1.807, 2.05) is 24.7 Å². The molecule has 0 aliphatic rings. The summed E-state index contributed by atoms with van der Waals surface area (Å²) >= 11 is 0. The van der Waals surface area contributed by atoms with Gasteiger partial charge in [-0.15, -0.1) is 0 Å². The van der Waals surface area contributed by atoms with Gasteiger partial charge in [0.2, 0.25) is 0 Å². The first-order chi connectivity index (χ1) is 8.11. The van der Waals surface area contributed by atoms with E-state index >= 15 is 0 Å². The highest BCUT2D eigenvalue weighted by atomic mass is 16.2. The lowest BCUT2D eigenvalue weighted by Crippen LogP contribution is -2.26. The fourth-order valence-corrected chi connectivity index (χ4v) is 1.73. The number of hydrogen-bond donors (Lipinski definition) is 0. The number of nitrogens with zero attached hydrogens (tertiary/aromatic N) is 3. The average molecular weight is 233 g/mol. The molecule has 0 saturated carbocycles. The summed E-state index contributed by atoms with van der Waals surface area (Å²) in [4.78, 5) is 23.6. The van der Waals surface area contributed by atoms with E-state index in [0.717, 1.165) is 0 Å². The Balaban J connectivity index is 2.18. The van der Waals surface area contributed by atoms with Gasteiger partial charge in [0, 0.05) is 43.9 Å². The molecule has 0 amide bonds. The molecule has 2 aromatic heterocycles. The van der Waals surface area contributed by atoms with Gasteiger partial charge < -0.3 is 4.57 Å². The van der Waals surface area contributed by atoms with Crippen molar-refractivity contribution in [2.45, 2.75) is 20.0 Å². The number of Topliss-reactive ketones (excluding diaryl/α,β-unsaturated/α-hetero) is 1. The van der Waals surface area contributed by atoms with Crippen LogP contribution < -0.4 is 5.69 Å². The first kappa shape index (κ1) is 11.4. The Bertz CT molecular complexity index is 589. The Morgan fingerprint density at radius 3 is 2.47 bits per heavy atom. The van der Waals surface area contributed by atoms with Crippen LogP contribution >= 0.6 is 0 Å². The first-order valence-corrected chi connectivity index (χ1v) is 5.52. The molecule has 2 rings (SSSR count). The van der Waals surface area contributed by atoms with E-state index in [-0.39, 0.29) is 18.0 Å². The van der Waals surface area contributed by atoms with Crippen LogP contribution in [0, 0.1) is 0 Å². The summed E-state index contributed by atoms with van der Waals surface area (Å²) < 4.78 is 4.81. The quantitative estimate of drug-likeness (QED) is 0.736. The SMILES string of the molecule is CCn1ccn(CC(=O)c2ccn(C)c2)c1=O. The zero-order valence-electron chi connectivity index (χ0n) is 9.96. The second kappa shape index (κ2) is 4.45. The highest BCUT2D eigenvalue weighted by molar-refractivity contribution is 5.95. The zero-order valence-corrected chi connectivity index (χ0v) is 9.96. The molecule has 0 aliphatic heterocycles. The van der Waals surface area contributed by atoms with Gasteiger partial charge in [-0.3, -0.25) is 13.9 Å². The summed E-state index contributed by atoms with van der Waals surface area (Å²) in [6.45, 7) is 2.60. The van der Waals surface area contributed by atoms with Crippen molar-refractivity contribution in [3.63, 3.8) is 0 Å². The van der Waals surface area contributed by atoms with Crippen LogP contribution in [0.5, 0.6) is 0 Å². The van der Waals surface area contributed by atoms with Gasteiger partial charge in [-0.1, -0.05) is 0 Å². The van der Waals surface area contributed by atoms with Gasteiger partial charge >= 0.3 is 5.69 Å². The molecule has 0 bridgehead atoms. The third-order valence-corrected chi connectivity index (χ3v) is 2.73. The normalized spacial score (nSPS) is 10.7. The monoisotopic (exact) mass is 233 g/mol. The van der Waals surface area contributed by atoms with Crippen molar-refractivity contribution in [1.29, 1.82) is 0 Å². The molecule has 0 fully saturated rings. The molecule has 5 nitrogen and oxygen atoms in total. The maximum absolute atomic E-state index is 11.9. The first-order valence-electron chi connectivity index (χ1n) is 5.52. The minimum atomic E-state index is -0.142. The van der Waals surface area contributed by atoms with E-state index in [2.05, 4.69) is 0 Å². The number of rotatable bonds is 4. The lowest BCUT2D eigenvalue weighted by Gasteiger charge is -1.99. The van der Waals surface area contributed by atoms with Crippen LogP contribution in [0.4, 0.5) is 0 Å². The largest absolute Gasteiger partial charge is 0.357 e. The predicted octanol–water partition coefficient (Wildman–Crippen LogP) is 0.891. The Labute approximate surface area is 98.9 Å². The van der Waals surface area contributed by atoms with E-state index in [4.69, 9.17) is 0 Å². The molecule has 0 aromatic carbocycles. The molecule has 17 heavy (non-hydrogen) atoms. The molecule has 0 radical (unpaired) electrons. The zero-order chi connectivity index (χ0) is 12.4. The summed E-state index contributed by atoms with van der Waals surface area (Å²) in [5.41, 5.74) is 0.487. The van der Waals surface area contributed by atoms with Crippen LogP contribution in [-0.4, -0.2) is 19.5 Å². The van der Waals surface area contributed by atoms with Crippen LogP contribution in [0.1, 0.15) is 17.3 Å². The van der Waals surface area contributed by atoms with E-state index in [0.29, 0.717) is 12.1 Å². The molecule has 5 heteroatoms. The molecule has 2 aromatic rings. The molecule has 0 unspecified atom stereocenters. The fourth-order valence-electron chi connectivity index (χ4n) is 1.73. The predicted molar refractivity (Wildman–Crippen MR) is 64.1 cm³/mol. The van der Waals surface area contributed by atoms with Crippen LogP contribution in [0.25, 0.3) is 0 Å². The third-order valence-electron chi connectivity index (χ3n) is 2.73. The number of aryl methyl sites for hydroxylation is 2. The van der Waals surface area contributed by atoms with Crippen LogP contribution in [-0.2, 0) is 20.1 Å². The van der Waals surface area contributed by atoms with Crippen molar-refractivity contribution in [1.82, 2.24) is 13.7 Å². The van der Waals surface area contributed by atoms with Crippen LogP contribution in [0.15, 0.2) is 35.6 Å². The van der Waals surface area contributed by atoms with Crippen molar-refractivity contribution >= 4 is 5.78 Å². The summed E-state index contributed by atoms with van der Waals surface area (Å²) in [6.07, 6.45) is 6.91. The molecule has 0 aliphatic carbocycles. The fraction of sp³-hybridized carbons (Fsp3) is 0.333. The number of hydrogen-bond acceptors (Lipinski definition) is 2. The van der Waals surface area contributed by atoms with Crippen molar-refractivity contribution in [3.05, 3.63) is 46.9 Å². The Morgan fingerprint density at radius 2 is 1.94 bits per heavy atom. The molecular weight excluding hydrogens is 218 g/mol. The van der Waals surface area contributed by atoms with E-state index in [9.17, 15) is 9.59 Å². The second-order valence-electron chi connectivity index (χ2n) is 3.98. The van der Waals surface area contributed by atoms with Crippen LogP contribution in [0.2, 0.25) is 0 Å². The van der Waals surface area contributed by atoms with Crippen molar-refractivity contribution in [2.24, 2.45) is 7.05 Å². The van der Waals surface area contributed by atoms with Crippen molar-refractivity contribution in [2.75, 3.05) is 0 Å². The Hall–Kier alpha value is -2.04. The van der Waals surface area contributed by atoms with Gasteiger partial charge in [-0.25, -0.2) is 4.79 Å². The van der Waals surface area contributed by atoms with Gasteiger partial charge in [-0.05, 0) is 13.0 Å². The summed E-state index contributed by atoms with van der Waals surface area (Å²) in [5, 5.41) is 0. The summed E-state index contributed by atoms with van der Waals surface area (Å²) in [6, 6.07) is 1.75. The number of carbonyl (C=O) groups excluding carboxylic acids is 1. The molecule has 90 valence electrons. The maximum Gasteiger partial charge on any atom is 0.328 e. The number of aromatic nitrogens is 3. The second-order valence-corrected chi connectivity index (χ2v) is 3.98. The van der Waals surface area contributed by atoms with E-state index in [1.165, 1.54) is 4.57 Å². The average Bonchev–Trinajstić information content (AvgIpc) is 2.87. The Morgan fingerprint density at radius 1 is 1.24 bits per heavy atom. The highest BCUT2D eigenvalue weighted by Gasteiger charge is 2.10. The third kappa shape index (κ3) is 2.22. The number of imidazole rings is 1. The lowest BCUT2D eigenvalue weighted by molar-refractivity contribution is 0.0970. The molecule has 0 saturated heterocycles. The summed E-state index contributed by atoms with van der Waals surface area (Å²) in [7, 11) is 1.86. The standard InChI is InChI=1S/C12H15N3O2/c1-3-14-6-7-15(12(14)17)9-11(16)10-4-5-13(2)8-10/h4-8H,3,9H2,1-2H3. The van der Waals surface area contributed by atoms with Gasteiger partial charge in [0.1, 0.15) is 0 Å². The van der Waals surface area contributed by atoms with E-state index < -0.39 is 0 Å². The minimum absolute atomic E-state index is 0.0541. The van der Waals surface area contributed by atoms with Crippen molar-refractivity contribution < 1.29 is 4.79 Å². The summed E-state index contributed by atoms with van der Waals surface area (Å²) in [5.74, 6) is -0.0541. The topological polar surface area (TPSA) is 48.9 Å². The molecule has 0 N–H and O–H groups in total. The van der Waals surface area contributed by atoms with Crippen LogP contribution in [0.3, 0.4) is 0 Å². The maximum atomic E-state index is 11.9.